The van der Waals surface area contributed by atoms with Gasteiger partial charge < -0.3 is 4.74 Å². The van der Waals surface area contributed by atoms with E-state index in [2.05, 4.69) is 11.8 Å². The average molecular weight is 525 g/mol. The zero-order valence-electron chi connectivity index (χ0n) is 20.3. The Kier molecular flexibility index (Phi) is 7.53. The molecule has 0 N–H and O–H groups in total. The van der Waals surface area contributed by atoms with Gasteiger partial charge in [0.05, 0.1) is 23.5 Å². The van der Waals surface area contributed by atoms with Crippen LogP contribution in [0.4, 0.5) is 23.2 Å². The van der Waals surface area contributed by atoms with E-state index in [-0.39, 0.29) is 42.5 Å². The summed E-state index contributed by atoms with van der Waals surface area (Å²) in [4.78, 5) is 23.3. The Morgan fingerprint density at radius 1 is 0.974 bits per heavy atom. The highest BCUT2D eigenvalue weighted by Crippen LogP contribution is 2.50. The van der Waals surface area contributed by atoms with E-state index in [1.165, 1.54) is 55.6 Å². The number of hydrogen-bond donors (Lipinski definition) is 0. The molecule has 0 aliphatic heterocycles. The molecule has 0 spiro atoms. The second kappa shape index (κ2) is 10.7. The Bertz CT molecular complexity index is 1400. The Labute approximate surface area is 216 Å². The van der Waals surface area contributed by atoms with Gasteiger partial charge in [-0.05, 0) is 79.3 Å². The van der Waals surface area contributed by atoms with Crippen LogP contribution in [0, 0.1) is 33.7 Å². The minimum absolute atomic E-state index is 0.118. The normalized spacial score (nSPS) is 19.2. The summed E-state index contributed by atoms with van der Waals surface area (Å²) in [5.41, 5.74) is 0.839. The number of nitrogens with zero attached hydrogens (tertiary/aromatic N) is 1. The van der Waals surface area contributed by atoms with Gasteiger partial charge in [0.1, 0.15) is 11.4 Å². The van der Waals surface area contributed by atoms with Crippen molar-refractivity contribution in [2.24, 2.45) is 5.92 Å². The quantitative estimate of drug-likeness (QED) is 0.121. The van der Waals surface area contributed by atoms with Gasteiger partial charge in [0.15, 0.2) is 0 Å². The van der Waals surface area contributed by atoms with Crippen LogP contribution >= 0.6 is 0 Å². The van der Waals surface area contributed by atoms with Crippen molar-refractivity contribution in [3.63, 3.8) is 0 Å². The van der Waals surface area contributed by atoms with Gasteiger partial charge in [0, 0.05) is 17.0 Å². The fourth-order valence-corrected chi connectivity index (χ4v) is 4.98. The number of carbonyl (C=O) groups is 1. The van der Waals surface area contributed by atoms with E-state index in [1.807, 2.05) is 0 Å². The van der Waals surface area contributed by atoms with Crippen molar-refractivity contribution in [3.8, 4) is 11.8 Å². The number of rotatable bonds is 4. The lowest BCUT2D eigenvalue weighted by Gasteiger charge is -2.41. The van der Waals surface area contributed by atoms with Gasteiger partial charge in [-0.15, -0.1) is 0 Å². The highest BCUT2D eigenvalue weighted by molar-refractivity contribution is 5.89. The van der Waals surface area contributed by atoms with Crippen LogP contribution in [-0.2, 0) is 10.2 Å². The van der Waals surface area contributed by atoms with Crippen LogP contribution in [0.25, 0.3) is 0 Å². The van der Waals surface area contributed by atoms with Crippen molar-refractivity contribution < 1.29 is 32.0 Å². The number of methoxy groups -OCH3 is 1. The van der Waals surface area contributed by atoms with Crippen molar-refractivity contribution in [2.75, 3.05) is 7.11 Å². The third kappa shape index (κ3) is 5.54. The summed E-state index contributed by atoms with van der Waals surface area (Å²) in [5.74, 6) is 3.09. The smallest absolute Gasteiger partial charge is 0.391 e. The van der Waals surface area contributed by atoms with Crippen molar-refractivity contribution in [1.82, 2.24) is 0 Å². The van der Waals surface area contributed by atoms with Gasteiger partial charge >= 0.3 is 12.1 Å². The maximum atomic E-state index is 13.5. The summed E-state index contributed by atoms with van der Waals surface area (Å²) < 4.78 is 58.3. The molecule has 1 aliphatic carbocycles. The van der Waals surface area contributed by atoms with E-state index >= 15 is 0 Å². The standard InChI is InChI=1S/C29H23F4NO4/c1-38-27(35)21-7-9-22(10-8-21)28(16-14-23(15-17-28)29(31,32)33)24-11-6-20(26(18-24)34(36)37)5-2-19-3-12-25(30)13-4-19/h3-4,6-13,18,23H,14-17H2,1H3. The molecule has 0 radical (unpaired) electrons. The predicted octanol–water partition coefficient (Wildman–Crippen LogP) is 6.96. The molecular formula is C29H23F4NO4. The first-order valence-corrected chi connectivity index (χ1v) is 11.9. The lowest BCUT2D eigenvalue weighted by Crippen LogP contribution is -2.37. The molecule has 3 aromatic carbocycles. The van der Waals surface area contributed by atoms with Crippen molar-refractivity contribution in [1.29, 1.82) is 0 Å². The van der Waals surface area contributed by atoms with Crippen molar-refractivity contribution in [3.05, 3.63) is 110 Å². The van der Waals surface area contributed by atoms with Gasteiger partial charge in [-0.2, -0.15) is 13.2 Å². The number of esters is 1. The molecule has 38 heavy (non-hydrogen) atoms. The molecule has 0 amide bonds. The SMILES string of the molecule is COC(=O)c1ccc(C2(c3ccc(C#Cc4ccc(F)cc4)c([N+](=O)[O-])c3)CCC(C(F)(F)F)CC2)cc1. The molecule has 0 heterocycles. The maximum absolute atomic E-state index is 13.5. The van der Waals surface area contributed by atoms with E-state index in [1.54, 1.807) is 18.2 Å². The lowest BCUT2D eigenvalue weighted by molar-refractivity contribution is -0.385. The largest absolute Gasteiger partial charge is 0.465 e. The summed E-state index contributed by atoms with van der Waals surface area (Å²) in [6.07, 6.45) is -4.37. The molecule has 1 fully saturated rings. The molecule has 1 aliphatic rings. The third-order valence-corrected chi connectivity index (χ3v) is 7.09. The number of halogens is 4. The van der Waals surface area contributed by atoms with Gasteiger partial charge in [0.2, 0.25) is 0 Å². The van der Waals surface area contributed by atoms with E-state index < -0.39 is 34.2 Å². The van der Waals surface area contributed by atoms with E-state index in [9.17, 15) is 32.5 Å². The van der Waals surface area contributed by atoms with Crippen molar-refractivity contribution >= 4 is 11.7 Å². The molecule has 9 heteroatoms. The number of hydrogen-bond acceptors (Lipinski definition) is 4. The summed E-state index contributed by atoms with van der Waals surface area (Å²) >= 11 is 0. The number of benzene rings is 3. The monoisotopic (exact) mass is 525 g/mol. The first kappa shape index (κ1) is 26.9. The molecular weight excluding hydrogens is 502 g/mol. The third-order valence-electron chi connectivity index (χ3n) is 7.09. The van der Waals surface area contributed by atoms with Crippen LogP contribution in [-0.4, -0.2) is 24.2 Å². The first-order valence-electron chi connectivity index (χ1n) is 11.9. The summed E-state index contributed by atoms with van der Waals surface area (Å²) in [6, 6.07) is 16.3. The van der Waals surface area contributed by atoms with Gasteiger partial charge in [-0.25, -0.2) is 9.18 Å². The summed E-state index contributed by atoms with van der Waals surface area (Å²) in [6.45, 7) is 0. The average Bonchev–Trinajstić information content (AvgIpc) is 2.91. The molecule has 0 aromatic heterocycles. The Morgan fingerprint density at radius 3 is 2.13 bits per heavy atom. The fourth-order valence-electron chi connectivity index (χ4n) is 4.98. The minimum atomic E-state index is -4.33. The van der Waals surface area contributed by atoms with Crippen LogP contribution in [0.2, 0.25) is 0 Å². The van der Waals surface area contributed by atoms with E-state index in [0.717, 1.165) is 0 Å². The topological polar surface area (TPSA) is 69.4 Å². The minimum Gasteiger partial charge on any atom is -0.465 e. The molecule has 196 valence electrons. The second-order valence-electron chi connectivity index (χ2n) is 9.21. The highest BCUT2D eigenvalue weighted by Gasteiger charge is 2.47. The number of nitro benzene ring substituents is 1. The number of alkyl halides is 3. The van der Waals surface area contributed by atoms with Crippen LogP contribution in [0.3, 0.4) is 0 Å². The van der Waals surface area contributed by atoms with Gasteiger partial charge in [-0.3, -0.25) is 10.1 Å². The summed E-state index contributed by atoms with van der Waals surface area (Å²) in [5, 5.41) is 12.0. The highest BCUT2D eigenvalue weighted by atomic mass is 19.4. The molecule has 0 saturated heterocycles. The van der Waals surface area contributed by atoms with Crippen LogP contribution < -0.4 is 0 Å². The molecule has 0 bridgehead atoms. The zero-order chi connectivity index (χ0) is 27.5. The molecule has 5 nitrogen and oxygen atoms in total. The zero-order valence-corrected chi connectivity index (χ0v) is 20.3. The number of carbonyl (C=O) groups excluding carboxylic acids is 1. The predicted molar refractivity (Wildman–Crippen MR) is 132 cm³/mol. The van der Waals surface area contributed by atoms with Crippen LogP contribution in [0.1, 0.15) is 58.3 Å². The maximum Gasteiger partial charge on any atom is 0.391 e. The molecule has 0 atom stereocenters. The molecule has 4 rings (SSSR count). The lowest BCUT2D eigenvalue weighted by atomic mass is 9.63. The fraction of sp³-hybridized carbons (Fsp3) is 0.276. The van der Waals surface area contributed by atoms with E-state index in [4.69, 9.17) is 4.74 Å². The Morgan fingerprint density at radius 2 is 1.58 bits per heavy atom. The molecule has 3 aromatic rings. The van der Waals surface area contributed by atoms with Gasteiger partial charge in [0.25, 0.3) is 5.69 Å². The van der Waals surface area contributed by atoms with Gasteiger partial charge in [-0.1, -0.05) is 30.0 Å². The molecule has 0 unspecified atom stereocenters. The number of ether oxygens (including phenoxy) is 1. The Balaban J connectivity index is 1.77. The second-order valence-corrected chi connectivity index (χ2v) is 9.21. The Hall–Kier alpha value is -4.19. The molecule has 1 saturated carbocycles. The van der Waals surface area contributed by atoms with E-state index in [0.29, 0.717) is 16.7 Å². The number of nitro groups is 1. The summed E-state index contributed by atoms with van der Waals surface area (Å²) in [7, 11) is 1.25. The first-order chi connectivity index (χ1) is 18.0. The van der Waals surface area contributed by atoms with Crippen molar-refractivity contribution in [2.45, 2.75) is 37.3 Å². The van der Waals surface area contributed by atoms with Crippen LogP contribution in [0.5, 0.6) is 0 Å². The van der Waals surface area contributed by atoms with Crippen LogP contribution in [0.15, 0.2) is 66.7 Å².